The molecule has 2 aromatic heterocycles. The average Bonchev–Trinajstić information content (AvgIpc) is 3.07. The predicted molar refractivity (Wildman–Crippen MR) is 89.7 cm³/mol. The van der Waals surface area contributed by atoms with Gasteiger partial charge in [-0.05, 0) is 52.0 Å². The van der Waals surface area contributed by atoms with Crippen LogP contribution in [0.3, 0.4) is 0 Å². The van der Waals surface area contributed by atoms with Crippen LogP contribution in [0, 0.1) is 6.92 Å². The minimum absolute atomic E-state index is 0.551. The lowest BCUT2D eigenvalue weighted by atomic mass is 10.2. The Kier molecular flexibility index (Phi) is 3.97. The Morgan fingerprint density at radius 2 is 2.19 bits per heavy atom. The second kappa shape index (κ2) is 5.75. The molecule has 0 saturated heterocycles. The van der Waals surface area contributed by atoms with Crippen molar-refractivity contribution in [1.29, 1.82) is 0 Å². The number of rotatable bonds is 3. The second-order valence-electron chi connectivity index (χ2n) is 4.53. The summed E-state index contributed by atoms with van der Waals surface area (Å²) in [7, 11) is 0. The molecule has 0 bridgehead atoms. The van der Waals surface area contributed by atoms with Gasteiger partial charge in [0.1, 0.15) is 5.69 Å². The van der Waals surface area contributed by atoms with E-state index >= 15 is 0 Å². The van der Waals surface area contributed by atoms with Crippen LogP contribution < -0.4 is 0 Å². The third-order valence-electron chi connectivity index (χ3n) is 3.12. The highest BCUT2D eigenvalue weighted by molar-refractivity contribution is 9.10. The number of aryl methyl sites for hydroxylation is 1. The fourth-order valence-corrected chi connectivity index (χ4v) is 3.71. The summed E-state index contributed by atoms with van der Waals surface area (Å²) in [4.78, 5) is 12.2. The number of hydrogen-bond donors (Lipinski definition) is 0. The molecule has 3 nitrogen and oxygen atoms in total. The molecule has 1 aromatic carbocycles. The van der Waals surface area contributed by atoms with E-state index < -0.39 is 0 Å². The maximum absolute atomic E-state index is 11.3. The highest BCUT2D eigenvalue weighted by atomic mass is 79.9. The van der Waals surface area contributed by atoms with E-state index in [1.54, 1.807) is 10.9 Å². The van der Waals surface area contributed by atoms with E-state index in [1.807, 2.05) is 36.6 Å². The van der Waals surface area contributed by atoms with Crippen LogP contribution in [0.5, 0.6) is 0 Å². The van der Waals surface area contributed by atoms with Crippen LogP contribution in [0.25, 0.3) is 16.3 Å². The molecule has 106 valence electrons. The summed E-state index contributed by atoms with van der Waals surface area (Å²) in [5.74, 6) is 0. The van der Waals surface area contributed by atoms with Crippen molar-refractivity contribution in [2.45, 2.75) is 6.92 Å². The van der Waals surface area contributed by atoms with Gasteiger partial charge < -0.3 is 0 Å². The number of aldehydes is 1. The van der Waals surface area contributed by atoms with Crippen molar-refractivity contribution in [1.82, 2.24) is 9.78 Å². The van der Waals surface area contributed by atoms with Gasteiger partial charge in [0.25, 0.3) is 0 Å². The molecule has 2 heterocycles. The predicted octanol–water partition coefficient (Wildman–Crippen LogP) is 5.14. The molecule has 0 aliphatic heterocycles. The first kappa shape index (κ1) is 14.5. The van der Waals surface area contributed by atoms with E-state index in [1.165, 1.54) is 11.3 Å². The number of carbonyl (C=O) groups is 1. The number of nitrogens with zero attached hydrogens (tertiary/aromatic N) is 2. The summed E-state index contributed by atoms with van der Waals surface area (Å²) < 4.78 is 2.61. The first-order valence-corrected chi connectivity index (χ1v) is 8.20. The molecule has 21 heavy (non-hydrogen) atoms. The summed E-state index contributed by atoms with van der Waals surface area (Å²) in [6.45, 7) is 1.94. The van der Waals surface area contributed by atoms with E-state index in [2.05, 4.69) is 21.0 Å². The number of halogens is 2. The molecular formula is C15H10BrClN2OS. The molecule has 0 radical (unpaired) electrons. The lowest BCUT2D eigenvalue weighted by Gasteiger charge is -2.03. The fourth-order valence-electron chi connectivity index (χ4n) is 1.97. The molecule has 6 heteroatoms. The van der Waals surface area contributed by atoms with E-state index in [4.69, 9.17) is 11.6 Å². The molecule has 0 fully saturated rings. The van der Waals surface area contributed by atoms with Gasteiger partial charge in [0.05, 0.1) is 16.1 Å². The van der Waals surface area contributed by atoms with Crippen LogP contribution in [0.1, 0.15) is 15.9 Å². The van der Waals surface area contributed by atoms with Crippen LogP contribution in [0.15, 0.2) is 40.3 Å². The van der Waals surface area contributed by atoms with Crippen LogP contribution >= 0.6 is 38.9 Å². The molecule has 3 rings (SSSR count). The zero-order chi connectivity index (χ0) is 15.0. The molecule has 0 spiro atoms. The Bertz CT molecular complexity index is 825. The lowest BCUT2D eigenvalue weighted by Crippen LogP contribution is -1.95. The number of benzene rings is 1. The van der Waals surface area contributed by atoms with Crippen molar-refractivity contribution in [2.24, 2.45) is 0 Å². The minimum Gasteiger partial charge on any atom is -0.298 e. The maximum atomic E-state index is 11.3. The molecular weight excluding hydrogens is 372 g/mol. The highest BCUT2D eigenvalue weighted by Crippen LogP contribution is 2.34. The van der Waals surface area contributed by atoms with Gasteiger partial charge in [-0.1, -0.05) is 17.7 Å². The van der Waals surface area contributed by atoms with Crippen molar-refractivity contribution in [3.63, 3.8) is 0 Å². The highest BCUT2D eigenvalue weighted by Gasteiger charge is 2.15. The van der Waals surface area contributed by atoms with Gasteiger partial charge >= 0.3 is 0 Å². The van der Waals surface area contributed by atoms with E-state index in [0.717, 1.165) is 26.9 Å². The third kappa shape index (κ3) is 2.69. The fraction of sp³-hybridized carbons (Fsp3) is 0.0667. The van der Waals surface area contributed by atoms with E-state index in [-0.39, 0.29) is 0 Å². The van der Waals surface area contributed by atoms with Crippen LogP contribution in [-0.2, 0) is 0 Å². The standard InChI is InChI=1S/C15H10BrClN2OS/c1-9-2-3-11(6-13(9)17)19-7-10(8-20)14(18-19)15-12(16)4-5-21-15/h2-8H,1H3. The molecule has 0 N–H and O–H groups in total. The number of thiophene rings is 1. The quantitative estimate of drug-likeness (QED) is 0.589. The van der Waals surface area contributed by atoms with Crippen molar-refractivity contribution in [3.8, 4) is 16.3 Å². The van der Waals surface area contributed by atoms with Gasteiger partial charge in [0.2, 0.25) is 0 Å². The number of aromatic nitrogens is 2. The Hall–Kier alpha value is -1.43. The van der Waals surface area contributed by atoms with Crippen molar-refractivity contribution < 1.29 is 4.79 Å². The third-order valence-corrected chi connectivity index (χ3v) is 5.37. The van der Waals surface area contributed by atoms with Gasteiger partial charge in [0, 0.05) is 15.7 Å². The van der Waals surface area contributed by atoms with Crippen LogP contribution in [-0.4, -0.2) is 16.1 Å². The van der Waals surface area contributed by atoms with Crippen LogP contribution in [0.4, 0.5) is 0 Å². The molecule has 3 aromatic rings. The van der Waals surface area contributed by atoms with E-state index in [0.29, 0.717) is 16.3 Å². The summed E-state index contributed by atoms with van der Waals surface area (Å²) >= 11 is 11.2. The molecule has 0 aliphatic rings. The monoisotopic (exact) mass is 380 g/mol. The number of carbonyl (C=O) groups excluding carboxylic acids is 1. The second-order valence-corrected chi connectivity index (χ2v) is 6.70. The van der Waals surface area contributed by atoms with Crippen LogP contribution in [0.2, 0.25) is 5.02 Å². The summed E-state index contributed by atoms with van der Waals surface area (Å²) in [5.41, 5.74) is 3.05. The van der Waals surface area contributed by atoms with Gasteiger partial charge in [-0.25, -0.2) is 4.68 Å². The molecule has 0 atom stereocenters. The summed E-state index contributed by atoms with van der Waals surface area (Å²) in [5, 5.41) is 7.16. The van der Waals surface area contributed by atoms with Gasteiger partial charge in [-0.3, -0.25) is 4.79 Å². The summed E-state index contributed by atoms with van der Waals surface area (Å²) in [6.07, 6.45) is 2.54. The van der Waals surface area contributed by atoms with E-state index in [9.17, 15) is 4.79 Å². The Morgan fingerprint density at radius 3 is 2.81 bits per heavy atom. The Morgan fingerprint density at radius 1 is 1.38 bits per heavy atom. The maximum Gasteiger partial charge on any atom is 0.153 e. The van der Waals surface area contributed by atoms with Crippen molar-refractivity contribution >= 4 is 45.2 Å². The Labute approximate surface area is 139 Å². The SMILES string of the molecule is Cc1ccc(-n2cc(C=O)c(-c3sccc3Br)n2)cc1Cl. The molecule has 0 aliphatic carbocycles. The molecule has 0 saturated carbocycles. The molecule has 0 unspecified atom stereocenters. The Balaban J connectivity index is 2.13. The van der Waals surface area contributed by atoms with Crippen molar-refractivity contribution in [2.75, 3.05) is 0 Å². The summed E-state index contributed by atoms with van der Waals surface area (Å²) in [6, 6.07) is 7.64. The smallest absolute Gasteiger partial charge is 0.153 e. The topological polar surface area (TPSA) is 34.9 Å². The van der Waals surface area contributed by atoms with Crippen molar-refractivity contribution in [3.05, 3.63) is 56.5 Å². The molecule has 0 amide bonds. The normalized spacial score (nSPS) is 10.8. The zero-order valence-electron chi connectivity index (χ0n) is 11.0. The minimum atomic E-state index is 0.551. The van der Waals surface area contributed by atoms with Gasteiger partial charge in [0.15, 0.2) is 6.29 Å². The number of hydrogen-bond acceptors (Lipinski definition) is 3. The largest absolute Gasteiger partial charge is 0.298 e. The van der Waals surface area contributed by atoms with Gasteiger partial charge in [-0.2, -0.15) is 5.10 Å². The average molecular weight is 382 g/mol. The first-order chi connectivity index (χ1) is 10.1. The van der Waals surface area contributed by atoms with Gasteiger partial charge in [-0.15, -0.1) is 11.3 Å². The lowest BCUT2D eigenvalue weighted by molar-refractivity contribution is 0.112. The zero-order valence-corrected chi connectivity index (χ0v) is 14.2. The first-order valence-electron chi connectivity index (χ1n) is 6.15.